The Kier molecular flexibility index (Phi) is 3.54. The Hall–Kier alpha value is -3.08. The Morgan fingerprint density at radius 2 is 2.04 bits per heavy atom. The highest BCUT2D eigenvalue weighted by Gasteiger charge is 2.25. The van der Waals surface area contributed by atoms with Crippen molar-refractivity contribution in [3.63, 3.8) is 0 Å². The van der Waals surface area contributed by atoms with E-state index in [1.165, 1.54) is 5.56 Å². The van der Waals surface area contributed by atoms with Crippen LogP contribution in [0.1, 0.15) is 21.6 Å². The molecule has 0 unspecified atom stereocenters. The Balaban J connectivity index is 1.64. The molecule has 2 N–H and O–H groups in total. The number of hydrogen-bond donors (Lipinski definition) is 2. The fourth-order valence-electron chi connectivity index (χ4n) is 3.14. The number of aromatic nitrogens is 2. The van der Waals surface area contributed by atoms with Crippen LogP contribution < -0.4 is 10.1 Å². The minimum atomic E-state index is -0.184. The van der Waals surface area contributed by atoms with E-state index in [0.29, 0.717) is 17.1 Å². The molecule has 1 aliphatic carbocycles. The van der Waals surface area contributed by atoms with Crippen LogP contribution in [0.4, 0.5) is 5.69 Å². The van der Waals surface area contributed by atoms with E-state index in [-0.39, 0.29) is 5.91 Å². The third-order valence-corrected chi connectivity index (χ3v) is 4.34. The number of rotatable bonds is 3. The molecule has 1 aliphatic rings. The quantitative estimate of drug-likeness (QED) is 0.777. The van der Waals surface area contributed by atoms with Crippen LogP contribution in [0.15, 0.2) is 48.5 Å². The summed E-state index contributed by atoms with van der Waals surface area (Å²) in [6.45, 7) is 0. The van der Waals surface area contributed by atoms with Gasteiger partial charge in [-0.1, -0.05) is 30.3 Å². The van der Waals surface area contributed by atoms with Gasteiger partial charge in [-0.15, -0.1) is 0 Å². The molecule has 5 nitrogen and oxygen atoms in total. The lowest BCUT2D eigenvalue weighted by Crippen LogP contribution is -2.15. The number of nitrogens with zero attached hydrogens (tertiary/aromatic N) is 1. The van der Waals surface area contributed by atoms with Crippen LogP contribution in [0, 0.1) is 0 Å². The topological polar surface area (TPSA) is 67.0 Å². The molecule has 0 saturated heterocycles. The molecule has 2 aromatic carbocycles. The van der Waals surface area contributed by atoms with Crippen LogP contribution in [-0.2, 0) is 12.8 Å². The van der Waals surface area contributed by atoms with Crippen molar-refractivity contribution in [1.29, 1.82) is 0 Å². The molecular formula is C19H17N3O2. The van der Waals surface area contributed by atoms with E-state index in [1.54, 1.807) is 13.2 Å². The molecule has 24 heavy (non-hydrogen) atoms. The molecule has 3 aromatic rings. The summed E-state index contributed by atoms with van der Waals surface area (Å²) in [6.07, 6.45) is 1.73. The van der Waals surface area contributed by atoms with Crippen molar-refractivity contribution < 1.29 is 9.53 Å². The smallest absolute Gasteiger partial charge is 0.273 e. The van der Waals surface area contributed by atoms with E-state index in [4.69, 9.17) is 4.74 Å². The summed E-state index contributed by atoms with van der Waals surface area (Å²) in [6, 6.07) is 15.5. The number of H-pyrrole nitrogens is 1. The third-order valence-electron chi connectivity index (χ3n) is 4.34. The number of ether oxygens (including phenoxy) is 1. The van der Waals surface area contributed by atoms with E-state index in [0.717, 1.165) is 29.7 Å². The van der Waals surface area contributed by atoms with Gasteiger partial charge >= 0.3 is 0 Å². The maximum Gasteiger partial charge on any atom is 0.273 e. The minimum Gasteiger partial charge on any atom is -0.497 e. The molecule has 1 heterocycles. The van der Waals surface area contributed by atoms with Crippen molar-refractivity contribution in [2.45, 2.75) is 12.8 Å². The number of benzene rings is 2. The predicted octanol–water partition coefficient (Wildman–Crippen LogP) is 3.44. The number of amides is 1. The second-order valence-corrected chi connectivity index (χ2v) is 5.77. The second kappa shape index (κ2) is 5.85. The van der Waals surface area contributed by atoms with Crippen molar-refractivity contribution in [3.8, 4) is 17.0 Å². The van der Waals surface area contributed by atoms with Crippen LogP contribution in [0.2, 0.25) is 0 Å². The van der Waals surface area contributed by atoms with Gasteiger partial charge in [0.15, 0.2) is 0 Å². The van der Waals surface area contributed by atoms with Crippen molar-refractivity contribution in [1.82, 2.24) is 10.2 Å². The molecule has 0 fully saturated rings. The van der Waals surface area contributed by atoms with E-state index in [2.05, 4.69) is 27.6 Å². The van der Waals surface area contributed by atoms with Crippen LogP contribution in [0.5, 0.6) is 5.75 Å². The highest BCUT2D eigenvalue weighted by Crippen LogP contribution is 2.33. The molecule has 120 valence electrons. The first-order valence-corrected chi connectivity index (χ1v) is 7.87. The molecule has 1 aromatic heterocycles. The molecule has 1 amide bonds. The zero-order chi connectivity index (χ0) is 16.5. The van der Waals surface area contributed by atoms with Crippen molar-refractivity contribution >= 4 is 11.6 Å². The maximum absolute atomic E-state index is 12.6. The van der Waals surface area contributed by atoms with Gasteiger partial charge in [0.25, 0.3) is 5.91 Å². The van der Waals surface area contributed by atoms with Crippen LogP contribution in [-0.4, -0.2) is 23.2 Å². The second-order valence-electron chi connectivity index (χ2n) is 5.77. The largest absolute Gasteiger partial charge is 0.497 e. The van der Waals surface area contributed by atoms with Gasteiger partial charge in [-0.2, -0.15) is 5.10 Å². The zero-order valence-corrected chi connectivity index (χ0v) is 13.3. The number of aryl methyl sites for hydroxylation is 1. The Labute approximate surface area is 139 Å². The number of anilines is 1. The Bertz CT molecular complexity index is 914. The van der Waals surface area contributed by atoms with E-state index in [1.807, 2.05) is 30.3 Å². The number of methoxy groups -OCH3 is 1. The number of nitrogens with one attached hydrogen (secondary N) is 2. The zero-order valence-electron chi connectivity index (χ0n) is 13.3. The van der Waals surface area contributed by atoms with Gasteiger partial charge in [-0.05, 0) is 30.5 Å². The lowest BCUT2D eigenvalue weighted by Gasteiger charge is -2.15. The lowest BCUT2D eigenvalue weighted by atomic mass is 9.89. The molecule has 0 atom stereocenters. The number of aromatic amines is 1. The van der Waals surface area contributed by atoms with Gasteiger partial charge in [0, 0.05) is 22.9 Å². The minimum absolute atomic E-state index is 0.184. The summed E-state index contributed by atoms with van der Waals surface area (Å²) in [5.41, 5.74) is 5.47. The highest BCUT2D eigenvalue weighted by molar-refractivity contribution is 6.05. The molecule has 0 saturated carbocycles. The third kappa shape index (κ3) is 2.44. The van der Waals surface area contributed by atoms with Gasteiger partial charge in [-0.25, -0.2) is 0 Å². The average Bonchev–Trinajstić information content (AvgIpc) is 3.06. The highest BCUT2D eigenvalue weighted by atomic mass is 16.5. The number of carbonyl (C=O) groups is 1. The number of hydrogen-bond acceptors (Lipinski definition) is 3. The SMILES string of the molecule is COc1cccc(NC(=O)c2[nH]nc3c2CCc2ccccc2-3)c1. The summed E-state index contributed by atoms with van der Waals surface area (Å²) < 4.78 is 5.19. The Morgan fingerprint density at radius 1 is 1.17 bits per heavy atom. The van der Waals surface area contributed by atoms with Gasteiger partial charge in [-0.3, -0.25) is 9.89 Å². The molecule has 4 rings (SSSR count). The normalized spacial score (nSPS) is 12.2. The summed E-state index contributed by atoms with van der Waals surface area (Å²) in [4.78, 5) is 12.6. The molecule has 0 bridgehead atoms. The fourth-order valence-corrected chi connectivity index (χ4v) is 3.14. The summed E-state index contributed by atoms with van der Waals surface area (Å²) >= 11 is 0. The molecule has 0 spiro atoms. The fraction of sp³-hybridized carbons (Fsp3) is 0.158. The van der Waals surface area contributed by atoms with Gasteiger partial charge < -0.3 is 10.1 Å². The maximum atomic E-state index is 12.6. The van der Waals surface area contributed by atoms with E-state index >= 15 is 0 Å². The molecular weight excluding hydrogens is 302 g/mol. The molecule has 5 heteroatoms. The first-order valence-electron chi connectivity index (χ1n) is 7.87. The number of carbonyl (C=O) groups excluding carboxylic acids is 1. The predicted molar refractivity (Wildman–Crippen MR) is 92.4 cm³/mol. The summed E-state index contributed by atoms with van der Waals surface area (Å²) in [5, 5.41) is 10.2. The van der Waals surface area contributed by atoms with Crippen molar-refractivity contribution in [2.75, 3.05) is 12.4 Å². The van der Waals surface area contributed by atoms with Gasteiger partial charge in [0.05, 0.1) is 12.8 Å². The van der Waals surface area contributed by atoms with Crippen LogP contribution >= 0.6 is 0 Å². The van der Waals surface area contributed by atoms with E-state index in [9.17, 15) is 4.79 Å². The summed E-state index contributed by atoms with van der Waals surface area (Å²) in [7, 11) is 1.60. The van der Waals surface area contributed by atoms with E-state index < -0.39 is 0 Å². The van der Waals surface area contributed by atoms with Gasteiger partial charge in [0.1, 0.15) is 11.4 Å². The Morgan fingerprint density at radius 3 is 2.92 bits per heavy atom. The standard InChI is InChI=1S/C19H17N3O2/c1-24-14-7-4-6-13(11-14)20-19(23)18-16-10-9-12-5-2-3-8-15(12)17(16)21-22-18/h2-8,11H,9-10H2,1H3,(H,20,23)(H,21,22). The van der Waals surface area contributed by atoms with Crippen LogP contribution in [0.3, 0.4) is 0 Å². The van der Waals surface area contributed by atoms with Crippen LogP contribution in [0.25, 0.3) is 11.3 Å². The lowest BCUT2D eigenvalue weighted by molar-refractivity contribution is 0.102. The van der Waals surface area contributed by atoms with Crippen molar-refractivity contribution in [2.24, 2.45) is 0 Å². The summed E-state index contributed by atoms with van der Waals surface area (Å²) in [5.74, 6) is 0.518. The number of fused-ring (bicyclic) bond motifs is 3. The van der Waals surface area contributed by atoms with Gasteiger partial charge in [0.2, 0.25) is 0 Å². The first kappa shape index (κ1) is 14.5. The first-order chi connectivity index (χ1) is 11.8. The molecule has 0 radical (unpaired) electrons. The monoisotopic (exact) mass is 319 g/mol. The molecule has 0 aliphatic heterocycles. The van der Waals surface area contributed by atoms with Crippen molar-refractivity contribution in [3.05, 3.63) is 65.4 Å². The average molecular weight is 319 g/mol.